The van der Waals surface area contributed by atoms with Gasteiger partial charge in [0.15, 0.2) is 0 Å². The lowest BCUT2D eigenvalue weighted by Gasteiger charge is -2.02. The van der Waals surface area contributed by atoms with E-state index >= 15 is 0 Å². The fourth-order valence-electron chi connectivity index (χ4n) is 1.17. The first-order valence-corrected chi connectivity index (χ1v) is 5.45. The van der Waals surface area contributed by atoms with E-state index in [1.165, 1.54) is 6.92 Å². The van der Waals surface area contributed by atoms with E-state index in [4.69, 9.17) is 9.47 Å². The molecule has 0 saturated heterocycles. The van der Waals surface area contributed by atoms with E-state index in [0.717, 1.165) is 25.7 Å². The van der Waals surface area contributed by atoms with Gasteiger partial charge in [-0.1, -0.05) is 12.8 Å². The molecule has 4 nitrogen and oxygen atoms in total. The van der Waals surface area contributed by atoms with Crippen molar-refractivity contribution in [2.24, 2.45) is 0 Å². The Kier molecular flexibility index (Phi) is 8.82. The van der Waals surface area contributed by atoms with Crippen molar-refractivity contribution in [2.45, 2.75) is 46.0 Å². The minimum atomic E-state index is -0.235. The van der Waals surface area contributed by atoms with Crippen molar-refractivity contribution in [1.82, 2.24) is 0 Å². The molecule has 0 heterocycles. The smallest absolute Gasteiger partial charge is 0.305 e. The summed E-state index contributed by atoms with van der Waals surface area (Å²) in [6, 6.07) is 0. The van der Waals surface area contributed by atoms with E-state index in [-0.39, 0.29) is 11.9 Å². The molecule has 0 saturated carbocycles. The first-order chi connectivity index (χ1) is 7.16. The van der Waals surface area contributed by atoms with Gasteiger partial charge in [0.05, 0.1) is 13.2 Å². The summed E-state index contributed by atoms with van der Waals surface area (Å²) >= 11 is 0. The van der Waals surface area contributed by atoms with E-state index in [1.807, 2.05) is 0 Å². The van der Waals surface area contributed by atoms with Crippen molar-refractivity contribution < 1.29 is 19.1 Å². The normalized spacial score (nSPS) is 9.73. The molecular weight excluding hydrogens is 196 g/mol. The standard InChI is InChI=1S/C11H20O4/c1-3-14-11(13)8-6-4-5-7-9-15-10(2)12/h3-9H2,1-2H3. The Morgan fingerprint density at radius 3 is 2.27 bits per heavy atom. The highest BCUT2D eigenvalue weighted by molar-refractivity contribution is 5.69. The molecule has 0 fully saturated rings. The summed E-state index contributed by atoms with van der Waals surface area (Å²) < 4.78 is 9.57. The number of esters is 2. The Hall–Kier alpha value is -1.06. The van der Waals surface area contributed by atoms with Crippen LogP contribution in [0.3, 0.4) is 0 Å². The quantitative estimate of drug-likeness (QED) is 0.460. The number of hydrogen-bond donors (Lipinski definition) is 0. The van der Waals surface area contributed by atoms with Crippen molar-refractivity contribution in [3.63, 3.8) is 0 Å². The minimum absolute atomic E-state index is 0.127. The fraction of sp³-hybridized carbons (Fsp3) is 0.818. The maximum absolute atomic E-state index is 10.9. The van der Waals surface area contributed by atoms with Crippen LogP contribution in [0.5, 0.6) is 0 Å². The van der Waals surface area contributed by atoms with Gasteiger partial charge in [0.1, 0.15) is 0 Å². The molecule has 0 aromatic rings. The van der Waals surface area contributed by atoms with E-state index < -0.39 is 0 Å². The zero-order valence-corrected chi connectivity index (χ0v) is 9.58. The molecule has 0 aliphatic carbocycles. The molecule has 0 aliphatic heterocycles. The molecule has 0 radical (unpaired) electrons. The topological polar surface area (TPSA) is 52.6 Å². The number of hydrogen-bond acceptors (Lipinski definition) is 4. The fourth-order valence-corrected chi connectivity index (χ4v) is 1.17. The lowest BCUT2D eigenvalue weighted by atomic mass is 10.1. The van der Waals surface area contributed by atoms with Crippen LogP contribution < -0.4 is 0 Å². The van der Waals surface area contributed by atoms with Crippen molar-refractivity contribution in [1.29, 1.82) is 0 Å². The van der Waals surface area contributed by atoms with E-state index in [1.54, 1.807) is 6.92 Å². The average Bonchev–Trinajstić information content (AvgIpc) is 2.16. The molecular formula is C11H20O4. The highest BCUT2D eigenvalue weighted by Crippen LogP contribution is 2.04. The Morgan fingerprint density at radius 1 is 1.00 bits per heavy atom. The monoisotopic (exact) mass is 216 g/mol. The third kappa shape index (κ3) is 10.9. The lowest BCUT2D eigenvalue weighted by Crippen LogP contribution is -2.03. The Morgan fingerprint density at radius 2 is 1.67 bits per heavy atom. The third-order valence-corrected chi connectivity index (χ3v) is 1.89. The Balaban J connectivity index is 3.11. The van der Waals surface area contributed by atoms with Crippen molar-refractivity contribution in [3.8, 4) is 0 Å². The van der Waals surface area contributed by atoms with Gasteiger partial charge in [0.2, 0.25) is 0 Å². The maximum atomic E-state index is 10.9. The summed E-state index contributed by atoms with van der Waals surface area (Å²) in [6.07, 6.45) is 4.15. The average molecular weight is 216 g/mol. The zero-order chi connectivity index (χ0) is 11.5. The number of rotatable bonds is 8. The van der Waals surface area contributed by atoms with Crippen LogP contribution in [0.4, 0.5) is 0 Å². The van der Waals surface area contributed by atoms with Gasteiger partial charge in [-0.2, -0.15) is 0 Å². The highest BCUT2D eigenvalue weighted by atomic mass is 16.5. The van der Waals surface area contributed by atoms with Gasteiger partial charge < -0.3 is 9.47 Å². The molecule has 0 N–H and O–H groups in total. The minimum Gasteiger partial charge on any atom is -0.466 e. The van der Waals surface area contributed by atoms with Crippen LogP contribution in [0, 0.1) is 0 Å². The molecule has 0 spiro atoms. The predicted molar refractivity (Wildman–Crippen MR) is 56.4 cm³/mol. The van der Waals surface area contributed by atoms with E-state index in [2.05, 4.69) is 0 Å². The largest absolute Gasteiger partial charge is 0.466 e. The van der Waals surface area contributed by atoms with Gasteiger partial charge in [-0.05, 0) is 19.8 Å². The molecule has 0 aromatic heterocycles. The summed E-state index contributed by atoms with van der Waals surface area (Å²) in [5, 5.41) is 0. The Labute approximate surface area is 90.9 Å². The summed E-state index contributed by atoms with van der Waals surface area (Å²) in [5.74, 6) is -0.362. The second-order valence-corrected chi connectivity index (χ2v) is 3.31. The zero-order valence-electron chi connectivity index (χ0n) is 9.58. The van der Waals surface area contributed by atoms with Crippen LogP contribution in [0.1, 0.15) is 46.0 Å². The van der Waals surface area contributed by atoms with Crippen LogP contribution in [-0.2, 0) is 19.1 Å². The molecule has 0 unspecified atom stereocenters. The number of unbranched alkanes of at least 4 members (excludes halogenated alkanes) is 3. The number of carbonyl (C=O) groups excluding carboxylic acids is 2. The Bertz CT molecular complexity index is 189. The van der Waals surface area contributed by atoms with Gasteiger partial charge in [-0.15, -0.1) is 0 Å². The van der Waals surface area contributed by atoms with Crippen molar-refractivity contribution in [3.05, 3.63) is 0 Å². The molecule has 0 rings (SSSR count). The van der Waals surface area contributed by atoms with Crippen LogP contribution in [0.15, 0.2) is 0 Å². The molecule has 0 atom stereocenters. The SMILES string of the molecule is CCOC(=O)CCCCCCOC(C)=O. The molecule has 88 valence electrons. The van der Waals surface area contributed by atoms with Gasteiger partial charge in [-0.25, -0.2) is 0 Å². The third-order valence-electron chi connectivity index (χ3n) is 1.89. The van der Waals surface area contributed by atoms with Crippen LogP contribution in [-0.4, -0.2) is 25.2 Å². The van der Waals surface area contributed by atoms with Gasteiger partial charge in [-0.3, -0.25) is 9.59 Å². The predicted octanol–water partition coefficient (Wildman–Crippen LogP) is 2.06. The van der Waals surface area contributed by atoms with Gasteiger partial charge in [0.25, 0.3) is 0 Å². The summed E-state index contributed by atoms with van der Waals surface area (Å²) in [7, 11) is 0. The van der Waals surface area contributed by atoms with Crippen LogP contribution in [0.25, 0.3) is 0 Å². The highest BCUT2D eigenvalue weighted by Gasteiger charge is 2.00. The second kappa shape index (κ2) is 9.49. The van der Waals surface area contributed by atoms with E-state index in [0.29, 0.717) is 19.6 Å². The molecule has 0 bridgehead atoms. The first kappa shape index (κ1) is 13.9. The van der Waals surface area contributed by atoms with Gasteiger partial charge in [0, 0.05) is 13.3 Å². The molecule has 0 aliphatic rings. The number of ether oxygens (including phenoxy) is 2. The van der Waals surface area contributed by atoms with Crippen LogP contribution in [0.2, 0.25) is 0 Å². The molecule has 15 heavy (non-hydrogen) atoms. The molecule has 4 heteroatoms. The molecule has 0 aromatic carbocycles. The maximum Gasteiger partial charge on any atom is 0.305 e. The summed E-state index contributed by atoms with van der Waals surface area (Å²) in [6.45, 7) is 4.14. The van der Waals surface area contributed by atoms with Crippen molar-refractivity contribution in [2.75, 3.05) is 13.2 Å². The van der Waals surface area contributed by atoms with Gasteiger partial charge >= 0.3 is 11.9 Å². The summed E-state index contributed by atoms with van der Waals surface area (Å²) in [4.78, 5) is 21.3. The van der Waals surface area contributed by atoms with Crippen molar-refractivity contribution >= 4 is 11.9 Å². The first-order valence-electron chi connectivity index (χ1n) is 5.45. The molecule has 0 amide bonds. The summed E-state index contributed by atoms with van der Waals surface area (Å²) in [5.41, 5.74) is 0. The van der Waals surface area contributed by atoms with Crippen LogP contribution >= 0.6 is 0 Å². The second-order valence-electron chi connectivity index (χ2n) is 3.31. The van der Waals surface area contributed by atoms with E-state index in [9.17, 15) is 9.59 Å². The lowest BCUT2D eigenvalue weighted by molar-refractivity contribution is -0.143. The number of carbonyl (C=O) groups is 2.